The molecule has 0 spiro atoms. The summed E-state index contributed by atoms with van der Waals surface area (Å²) in [5.41, 5.74) is 0.996. The molecule has 2 aromatic carbocycles. The maximum Gasteiger partial charge on any atom is 0.416 e. The number of carbonyl (C=O) groups excluding carboxylic acids is 1. The zero-order chi connectivity index (χ0) is 20.0. The summed E-state index contributed by atoms with van der Waals surface area (Å²) in [4.78, 5) is 20.5. The Kier molecular flexibility index (Phi) is 5.88. The molecule has 1 aromatic heterocycles. The van der Waals surface area contributed by atoms with Crippen molar-refractivity contribution >= 4 is 11.7 Å². The van der Waals surface area contributed by atoms with Crippen molar-refractivity contribution in [1.82, 2.24) is 15.3 Å². The van der Waals surface area contributed by atoms with E-state index in [9.17, 15) is 18.0 Å². The SMILES string of the molecule is O=C(NCCc1cnc(-c2ccccc2)nc1)Nc1cccc(C(F)(F)F)c1. The highest BCUT2D eigenvalue weighted by Crippen LogP contribution is 2.30. The highest BCUT2D eigenvalue weighted by atomic mass is 19.4. The van der Waals surface area contributed by atoms with Crippen molar-refractivity contribution in [2.24, 2.45) is 0 Å². The number of amides is 2. The van der Waals surface area contributed by atoms with Gasteiger partial charge in [0.2, 0.25) is 0 Å². The second-order valence-corrected chi connectivity index (χ2v) is 5.99. The minimum atomic E-state index is -4.46. The minimum Gasteiger partial charge on any atom is -0.338 e. The zero-order valence-electron chi connectivity index (χ0n) is 14.7. The summed E-state index contributed by atoms with van der Waals surface area (Å²) >= 11 is 0. The van der Waals surface area contributed by atoms with Crippen LogP contribution >= 0.6 is 0 Å². The van der Waals surface area contributed by atoms with E-state index in [0.717, 1.165) is 23.3 Å². The van der Waals surface area contributed by atoms with Crippen molar-refractivity contribution in [2.45, 2.75) is 12.6 Å². The van der Waals surface area contributed by atoms with Crippen molar-refractivity contribution in [2.75, 3.05) is 11.9 Å². The third-order valence-corrected chi connectivity index (χ3v) is 3.88. The number of halogens is 3. The molecular weight excluding hydrogens is 369 g/mol. The van der Waals surface area contributed by atoms with Crippen LogP contribution in [-0.2, 0) is 12.6 Å². The van der Waals surface area contributed by atoms with Gasteiger partial charge in [0.15, 0.2) is 5.82 Å². The first-order valence-electron chi connectivity index (χ1n) is 8.50. The van der Waals surface area contributed by atoms with Crippen LogP contribution in [0.2, 0.25) is 0 Å². The largest absolute Gasteiger partial charge is 0.416 e. The molecular formula is C20H17F3N4O. The van der Waals surface area contributed by atoms with Crippen LogP contribution in [0, 0.1) is 0 Å². The number of hydrogen-bond donors (Lipinski definition) is 2. The van der Waals surface area contributed by atoms with Crippen LogP contribution in [0.4, 0.5) is 23.7 Å². The molecule has 0 bridgehead atoms. The molecule has 0 atom stereocenters. The van der Waals surface area contributed by atoms with Gasteiger partial charge in [0, 0.05) is 30.2 Å². The Labute approximate surface area is 159 Å². The summed E-state index contributed by atoms with van der Waals surface area (Å²) in [7, 11) is 0. The van der Waals surface area contributed by atoms with Crippen LogP contribution in [0.5, 0.6) is 0 Å². The Bertz CT molecular complexity index is 928. The van der Waals surface area contributed by atoms with Crippen LogP contribution < -0.4 is 10.6 Å². The summed E-state index contributed by atoms with van der Waals surface area (Å²) in [5, 5.41) is 4.99. The van der Waals surface area contributed by atoms with Gasteiger partial charge in [-0.2, -0.15) is 13.2 Å². The van der Waals surface area contributed by atoms with Gasteiger partial charge < -0.3 is 10.6 Å². The van der Waals surface area contributed by atoms with Crippen LogP contribution in [0.15, 0.2) is 67.0 Å². The molecule has 2 amide bonds. The van der Waals surface area contributed by atoms with Gasteiger partial charge in [-0.1, -0.05) is 36.4 Å². The Morgan fingerprint density at radius 2 is 1.68 bits per heavy atom. The summed E-state index contributed by atoms with van der Waals surface area (Å²) in [6, 6.07) is 13.4. The quantitative estimate of drug-likeness (QED) is 0.677. The maximum absolute atomic E-state index is 12.7. The molecule has 28 heavy (non-hydrogen) atoms. The second-order valence-electron chi connectivity index (χ2n) is 5.99. The van der Waals surface area contributed by atoms with Gasteiger partial charge in [-0.25, -0.2) is 14.8 Å². The molecule has 3 rings (SSSR count). The molecule has 0 radical (unpaired) electrons. The van der Waals surface area contributed by atoms with Crippen molar-refractivity contribution in [3.8, 4) is 11.4 Å². The number of carbonyl (C=O) groups is 1. The number of urea groups is 1. The van der Waals surface area contributed by atoms with Gasteiger partial charge in [0.05, 0.1) is 5.56 Å². The molecule has 0 aliphatic heterocycles. The second kappa shape index (κ2) is 8.51. The van der Waals surface area contributed by atoms with E-state index in [1.54, 1.807) is 12.4 Å². The number of aromatic nitrogens is 2. The van der Waals surface area contributed by atoms with E-state index in [1.165, 1.54) is 12.1 Å². The Morgan fingerprint density at radius 3 is 2.36 bits per heavy atom. The lowest BCUT2D eigenvalue weighted by Gasteiger charge is -2.10. The summed E-state index contributed by atoms with van der Waals surface area (Å²) in [5.74, 6) is 0.611. The smallest absolute Gasteiger partial charge is 0.338 e. The Morgan fingerprint density at radius 1 is 0.964 bits per heavy atom. The van der Waals surface area contributed by atoms with E-state index >= 15 is 0 Å². The normalized spacial score (nSPS) is 11.1. The van der Waals surface area contributed by atoms with Gasteiger partial charge in [-0.15, -0.1) is 0 Å². The van der Waals surface area contributed by atoms with Crippen molar-refractivity contribution in [1.29, 1.82) is 0 Å². The van der Waals surface area contributed by atoms with Gasteiger partial charge in [0.25, 0.3) is 0 Å². The van der Waals surface area contributed by atoms with Crippen LogP contribution in [-0.4, -0.2) is 22.5 Å². The van der Waals surface area contributed by atoms with Crippen LogP contribution in [0.25, 0.3) is 11.4 Å². The van der Waals surface area contributed by atoms with E-state index in [2.05, 4.69) is 20.6 Å². The zero-order valence-corrected chi connectivity index (χ0v) is 14.7. The molecule has 8 heteroatoms. The topological polar surface area (TPSA) is 66.9 Å². The fourth-order valence-electron chi connectivity index (χ4n) is 2.49. The molecule has 0 aliphatic rings. The van der Waals surface area contributed by atoms with E-state index in [1.807, 2.05) is 30.3 Å². The molecule has 0 saturated carbocycles. The summed E-state index contributed by atoms with van der Waals surface area (Å²) < 4.78 is 38.1. The molecule has 5 nitrogen and oxygen atoms in total. The maximum atomic E-state index is 12.7. The van der Waals surface area contributed by atoms with Gasteiger partial charge in [-0.3, -0.25) is 0 Å². The third kappa shape index (κ3) is 5.29. The number of alkyl halides is 3. The lowest BCUT2D eigenvalue weighted by Crippen LogP contribution is -2.30. The van der Waals surface area contributed by atoms with E-state index in [0.29, 0.717) is 18.8 Å². The van der Waals surface area contributed by atoms with Crippen molar-refractivity contribution in [3.05, 3.63) is 78.1 Å². The minimum absolute atomic E-state index is 0.0721. The van der Waals surface area contributed by atoms with E-state index in [-0.39, 0.29) is 5.69 Å². The molecule has 144 valence electrons. The number of nitrogens with zero attached hydrogens (tertiary/aromatic N) is 2. The number of anilines is 1. The first-order chi connectivity index (χ1) is 13.4. The lowest BCUT2D eigenvalue weighted by atomic mass is 10.2. The summed E-state index contributed by atoms with van der Waals surface area (Å²) in [6.07, 6.45) is -0.603. The predicted molar refractivity (Wildman–Crippen MR) is 99.6 cm³/mol. The third-order valence-electron chi connectivity index (χ3n) is 3.88. The molecule has 0 saturated heterocycles. The first-order valence-corrected chi connectivity index (χ1v) is 8.50. The average Bonchev–Trinajstić information content (AvgIpc) is 2.69. The number of hydrogen-bond acceptors (Lipinski definition) is 3. The Hall–Kier alpha value is -3.42. The predicted octanol–water partition coefficient (Wildman–Crippen LogP) is 4.53. The highest BCUT2D eigenvalue weighted by Gasteiger charge is 2.30. The highest BCUT2D eigenvalue weighted by molar-refractivity contribution is 5.89. The Balaban J connectivity index is 1.49. The summed E-state index contributed by atoms with van der Waals surface area (Å²) in [6.45, 7) is 0.291. The fourth-order valence-corrected chi connectivity index (χ4v) is 2.49. The fraction of sp³-hybridized carbons (Fsp3) is 0.150. The van der Waals surface area contributed by atoms with Crippen LogP contribution in [0.3, 0.4) is 0 Å². The van der Waals surface area contributed by atoms with E-state index in [4.69, 9.17) is 0 Å². The molecule has 0 aliphatic carbocycles. The van der Waals surface area contributed by atoms with Crippen LogP contribution in [0.1, 0.15) is 11.1 Å². The number of rotatable bonds is 5. The van der Waals surface area contributed by atoms with Crippen molar-refractivity contribution < 1.29 is 18.0 Å². The van der Waals surface area contributed by atoms with Gasteiger partial charge in [0.1, 0.15) is 0 Å². The van der Waals surface area contributed by atoms with Gasteiger partial charge >= 0.3 is 12.2 Å². The lowest BCUT2D eigenvalue weighted by molar-refractivity contribution is -0.137. The number of nitrogens with one attached hydrogen (secondary N) is 2. The molecule has 2 N–H and O–H groups in total. The monoisotopic (exact) mass is 386 g/mol. The molecule has 0 fully saturated rings. The number of benzene rings is 2. The van der Waals surface area contributed by atoms with Crippen molar-refractivity contribution in [3.63, 3.8) is 0 Å². The average molecular weight is 386 g/mol. The van der Waals surface area contributed by atoms with E-state index < -0.39 is 17.8 Å². The molecule has 3 aromatic rings. The first kappa shape index (κ1) is 19.3. The molecule has 1 heterocycles. The molecule has 0 unspecified atom stereocenters. The standard InChI is InChI=1S/C20H17F3N4O/c21-20(22,23)16-7-4-8-17(11-16)27-19(28)24-10-9-14-12-25-18(26-13-14)15-5-2-1-3-6-15/h1-8,11-13H,9-10H2,(H2,24,27,28). The van der Waals surface area contributed by atoms with Gasteiger partial charge in [-0.05, 0) is 30.2 Å².